The number of hydrogen-bond donors (Lipinski definition) is 3. The van der Waals surface area contributed by atoms with Gasteiger partial charge in [0.1, 0.15) is 0 Å². The molecule has 0 radical (unpaired) electrons. The third kappa shape index (κ3) is 5.52. The second kappa shape index (κ2) is 10.8. The summed E-state index contributed by atoms with van der Waals surface area (Å²) in [5.74, 6) is 0.689. The van der Waals surface area contributed by atoms with Crippen molar-refractivity contribution in [1.29, 1.82) is 0 Å². The van der Waals surface area contributed by atoms with Gasteiger partial charge in [-0.05, 0) is 57.2 Å². The minimum absolute atomic E-state index is 0.133. The Labute approximate surface area is 194 Å². The third-order valence-electron chi connectivity index (χ3n) is 6.45. The van der Waals surface area contributed by atoms with Crippen molar-refractivity contribution in [3.05, 3.63) is 36.2 Å². The lowest BCUT2D eigenvalue weighted by Crippen LogP contribution is -2.52. The average molecular weight is 456 g/mol. The van der Waals surface area contributed by atoms with E-state index in [-0.39, 0.29) is 23.8 Å². The second-order valence-corrected chi connectivity index (χ2v) is 8.66. The number of halogens is 1. The van der Waals surface area contributed by atoms with E-state index in [2.05, 4.69) is 44.6 Å². The van der Waals surface area contributed by atoms with Gasteiger partial charge in [0.05, 0.1) is 13.2 Å². The molecular weight excluding hydrogens is 421 g/mol. The molecule has 1 aliphatic heterocycles. The maximum Gasteiger partial charge on any atom is 0.233 e. The van der Waals surface area contributed by atoms with Gasteiger partial charge in [-0.3, -0.25) is 0 Å². The molecule has 1 aromatic carbocycles. The van der Waals surface area contributed by atoms with Gasteiger partial charge in [-0.25, -0.2) is 4.39 Å². The zero-order chi connectivity index (χ0) is 23.2. The van der Waals surface area contributed by atoms with Crippen molar-refractivity contribution in [2.45, 2.75) is 70.0 Å². The Morgan fingerprint density at radius 1 is 1.24 bits per heavy atom. The smallest absolute Gasteiger partial charge is 0.233 e. The SMILES string of the molecule is CCC(C1CCCN1)N(c1nc(N)nc(Nc2ccc(OC)c(F)c2)n1)C1C=CCCCC1. The highest BCUT2D eigenvalue weighted by Crippen LogP contribution is 2.30. The first-order valence-electron chi connectivity index (χ1n) is 11.9. The van der Waals surface area contributed by atoms with Crippen LogP contribution in [0.1, 0.15) is 51.9 Å². The topological polar surface area (TPSA) is 101 Å². The van der Waals surface area contributed by atoms with Gasteiger partial charge in [-0.1, -0.05) is 25.5 Å². The van der Waals surface area contributed by atoms with E-state index < -0.39 is 5.82 Å². The zero-order valence-corrected chi connectivity index (χ0v) is 19.4. The molecule has 0 saturated carbocycles. The number of nitrogens with two attached hydrogens (primary N) is 1. The van der Waals surface area contributed by atoms with Crippen molar-refractivity contribution in [3.63, 3.8) is 0 Å². The molecule has 0 amide bonds. The van der Waals surface area contributed by atoms with Gasteiger partial charge in [-0.15, -0.1) is 0 Å². The van der Waals surface area contributed by atoms with Gasteiger partial charge in [0.25, 0.3) is 0 Å². The van der Waals surface area contributed by atoms with Gasteiger partial charge in [0.15, 0.2) is 11.6 Å². The second-order valence-electron chi connectivity index (χ2n) is 8.66. The van der Waals surface area contributed by atoms with Crippen LogP contribution in [0.4, 0.5) is 27.9 Å². The van der Waals surface area contributed by atoms with Gasteiger partial charge in [0, 0.05) is 23.8 Å². The lowest BCUT2D eigenvalue weighted by molar-refractivity contribution is 0.386. The van der Waals surface area contributed by atoms with E-state index in [0.29, 0.717) is 23.6 Å². The number of rotatable bonds is 8. The van der Waals surface area contributed by atoms with Crippen LogP contribution >= 0.6 is 0 Å². The predicted molar refractivity (Wildman–Crippen MR) is 129 cm³/mol. The Kier molecular flexibility index (Phi) is 7.59. The number of anilines is 4. The first-order valence-corrected chi connectivity index (χ1v) is 11.9. The molecule has 0 spiro atoms. The van der Waals surface area contributed by atoms with Gasteiger partial charge in [0.2, 0.25) is 17.8 Å². The summed E-state index contributed by atoms with van der Waals surface area (Å²) >= 11 is 0. The number of methoxy groups -OCH3 is 1. The quantitative estimate of drug-likeness (QED) is 0.510. The number of ether oxygens (including phenoxy) is 1. The van der Waals surface area contributed by atoms with Crippen molar-refractivity contribution in [3.8, 4) is 5.75 Å². The maximum atomic E-state index is 14.2. The number of allylic oxidation sites excluding steroid dienone is 1. The molecule has 4 N–H and O–H groups in total. The number of benzene rings is 1. The Bertz CT molecular complexity index is 964. The number of aromatic nitrogens is 3. The molecule has 1 saturated heterocycles. The van der Waals surface area contributed by atoms with E-state index in [1.807, 2.05) is 0 Å². The van der Waals surface area contributed by atoms with E-state index >= 15 is 0 Å². The molecule has 4 rings (SSSR count). The number of hydrogen-bond acceptors (Lipinski definition) is 8. The van der Waals surface area contributed by atoms with E-state index in [9.17, 15) is 4.39 Å². The van der Waals surface area contributed by atoms with Crippen LogP contribution in [0.5, 0.6) is 5.75 Å². The number of nitrogens with one attached hydrogen (secondary N) is 2. The molecule has 2 aromatic rings. The Morgan fingerprint density at radius 2 is 2.12 bits per heavy atom. The summed E-state index contributed by atoms with van der Waals surface area (Å²) < 4.78 is 19.2. The number of nitrogen functional groups attached to an aromatic ring is 1. The summed E-state index contributed by atoms with van der Waals surface area (Å²) in [6, 6.07) is 5.41. The fourth-order valence-corrected chi connectivity index (χ4v) is 4.88. The van der Waals surface area contributed by atoms with E-state index in [4.69, 9.17) is 15.5 Å². The van der Waals surface area contributed by atoms with Crippen LogP contribution in [0.3, 0.4) is 0 Å². The fraction of sp³-hybridized carbons (Fsp3) is 0.542. The van der Waals surface area contributed by atoms with Crippen molar-refractivity contribution >= 4 is 23.5 Å². The molecule has 0 bridgehead atoms. The van der Waals surface area contributed by atoms with Crippen LogP contribution in [0.25, 0.3) is 0 Å². The molecule has 1 fully saturated rings. The molecule has 9 heteroatoms. The van der Waals surface area contributed by atoms with E-state index in [1.54, 1.807) is 12.1 Å². The van der Waals surface area contributed by atoms with Gasteiger partial charge < -0.3 is 26.0 Å². The molecule has 33 heavy (non-hydrogen) atoms. The monoisotopic (exact) mass is 455 g/mol. The maximum absolute atomic E-state index is 14.2. The van der Waals surface area contributed by atoms with Crippen LogP contribution in [0.15, 0.2) is 30.4 Å². The summed E-state index contributed by atoms with van der Waals surface area (Å²) in [7, 11) is 1.43. The largest absolute Gasteiger partial charge is 0.494 e. The molecular formula is C24H34FN7O. The molecule has 1 aliphatic carbocycles. The summed E-state index contributed by atoms with van der Waals surface area (Å²) in [6.07, 6.45) is 12.3. The van der Waals surface area contributed by atoms with E-state index in [0.717, 1.165) is 38.6 Å². The average Bonchev–Trinajstić information content (AvgIpc) is 3.20. The van der Waals surface area contributed by atoms with Crippen molar-refractivity contribution in [1.82, 2.24) is 20.3 Å². The van der Waals surface area contributed by atoms with Crippen LogP contribution < -0.4 is 26.0 Å². The zero-order valence-electron chi connectivity index (χ0n) is 19.4. The summed E-state index contributed by atoms with van der Waals surface area (Å²) in [4.78, 5) is 15.9. The summed E-state index contributed by atoms with van der Waals surface area (Å²) in [5, 5.41) is 6.74. The Balaban J connectivity index is 1.68. The normalized spacial score (nSPS) is 21.4. The van der Waals surface area contributed by atoms with Crippen LogP contribution in [0, 0.1) is 5.82 Å². The van der Waals surface area contributed by atoms with Crippen LogP contribution in [-0.2, 0) is 0 Å². The molecule has 2 aliphatic rings. The molecule has 8 nitrogen and oxygen atoms in total. The lowest BCUT2D eigenvalue weighted by atomic mass is 9.98. The molecule has 3 atom stereocenters. The van der Waals surface area contributed by atoms with Gasteiger partial charge in [-0.2, -0.15) is 15.0 Å². The van der Waals surface area contributed by atoms with Gasteiger partial charge >= 0.3 is 0 Å². The Hall–Kier alpha value is -2.94. The molecule has 1 aromatic heterocycles. The summed E-state index contributed by atoms with van der Waals surface area (Å²) in [6.45, 7) is 3.24. The van der Waals surface area contributed by atoms with Crippen molar-refractivity contribution in [2.24, 2.45) is 0 Å². The van der Waals surface area contributed by atoms with Crippen molar-refractivity contribution < 1.29 is 9.13 Å². The first kappa shape index (κ1) is 23.2. The third-order valence-corrected chi connectivity index (χ3v) is 6.45. The minimum Gasteiger partial charge on any atom is -0.494 e. The number of nitrogens with zero attached hydrogens (tertiary/aromatic N) is 4. The van der Waals surface area contributed by atoms with Crippen molar-refractivity contribution in [2.75, 3.05) is 29.6 Å². The summed E-state index contributed by atoms with van der Waals surface area (Å²) in [5.41, 5.74) is 6.63. The van der Waals surface area contributed by atoms with Crippen LogP contribution in [-0.4, -0.2) is 46.7 Å². The highest BCUT2D eigenvalue weighted by Gasteiger charge is 2.34. The minimum atomic E-state index is -0.465. The molecule has 178 valence electrons. The lowest BCUT2D eigenvalue weighted by Gasteiger charge is -2.39. The Morgan fingerprint density at radius 3 is 2.85 bits per heavy atom. The first-order chi connectivity index (χ1) is 16.1. The fourth-order valence-electron chi connectivity index (χ4n) is 4.88. The standard InChI is InChI=1S/C24H34FN7O/c1-3-20(19-11-8-14-27-19)32(17-9-6-4-5-7-10-17)24-30-22(26)29-23(31-24)28-16-12-13-21(33-2)18(25)15-16/h6,9,12-13,15,17,19-20,27H,3-5,7-8,10-11,14H2,1-2H3,(H3,26,28,29,30,31). The molecule has 3 unspecified atom stereocenters. The predicted octanol–water partition coefficient (Wildman–Crippen LogP) is 4.18. The van der Waals surface area contributed by atoms with Crippen LogP contribution in [0.2, 0.25) is 0 Å². The highest BCUT2D eigenvalue weighted by atomic mass is 19.1. The van der Waals surface area contributed by atoms with E-state index in [1.165, 1.54) is 26.0 Å². The highest BCUT2D eigenvalue weighted by molar-refractivity contribution is 5.57. The molecule has 2 heterocycles.